The molecule has 3 rings (SSSR count). The molecule has 2 aromatic carbocycles. The molecule has 0 aliphatic heterocycles. The van der Waals surface area contributed by atoms with E-state index in [9.17, 15) is 14.4 Å². The Labute approximate surface area is 205 Å². The molecule has 1 atom stereocenters. The highest BCUT2D eigenvalue weighted by atomic mass is 32.1. The van der Waals surface area contributed by atoms with Crippen molar-refractivity contribution in [3.8, 4) is 0 Å². The Bertz CT molecular complexity index is 1110. The van der Waals surface area contributed by atoms with Crippen molar-refractivity contribution in [2.45, 2.75) is 45.7 Å². The molecule has 0 saturated heterocycles. The van der Waals surface area contributed by atoms with Crippen LogP contribution in [0.25, 0.3) is 0 Å². The molecule has 3 amide bonds. The summed E-state index contributed by atoms with van der Waals surface area (Å²) in [4.78, 5) is 41.7. The van der Waals surface area contributed by atoms with Crippen molar-refractivity contribution < 1.29 is 14.4 Å². The number of hydrogen-bond donors (Lipinski definition) is 2. The van der Waals surface area contributed by atoms with Crippen LogP contribution in [0.2, 0.25) is 0 Å². The zero-order chi connectivity index (χ0) is 24.7. The summed E-state index contributed by atoms with van der Waals surface area (Å²) in [6.45, 7) is 7.64. The lowest BCUT2D eigenvalue weighted by molar-refractivity contribution is -0.127. The van der Waals surface area contributed by atoms with E-state index in [4.69, 9.17) is 0 Å². The van der Waals surface area contributed by atoms with Gasteiger partial charge < -0.3 is 10.6 Å². The monoisotopic (exact) mass is 477 g/mol. The third-order valence-corrected chi connectivity index (χ3v) is 6.56. The van der Waals surface area contributed by atoms with Gasteiger partial charge in [0.15, 0.2) is 0 Å². The minimum absolute atomic E-state index is 0.238. The minimum atomic E-state index is -0.903. The fourth-order valence-electron chi connectivity index (χ4n) is 3.42. The van der Waals surface area contributed by atoms with E-state index in [0.29, 0.717) is 16.1 Å². The molecule has 0 bridgehead atoms. The summed E-state index contributed by atoms with van der Waals surface area (Å²) in [5.74, 6) is -0.983. The van der Waals surface area contributed by atoms with Crippen LogP contribution in [0, 0.1) is 6.92 Å². The van der Waals surface area contributed by atoms with Crippen LogP contribution in [0.5, 0.6) is 0 Å². The summed E-state index contributed by atoms with van der Waals surface area (Å²) >= 11 is 1.30. The second-order valence-electron chi connectivity index (χ2n) is 8.80. The van der Waals surface area contributed by atoms with E-state index in [0.717, 1.165) is 12.0 Å². The van der Waals surface area contributed by atoms with E-state index < -0.39 is 11.6 Å². The number of rotatable bonds is 9. The van der Waals surface area contributed by atoms with Crippen LogP contribution in [0.4, 0.5) is 5.69 Å². The first kappa shape index (κ1) is 25.2. The quantitative estimate of drug-likeness (QED) is 0.462. The lowest BCUT2D eigenvalue weighted by atomic mass is 9.97. The van der Waals surface area contributed by atoms with E-state index in [2.05, 4.69) is 10.6 Å². The predicted octanol–water partition coefficient (Wildman–Crippen LogP) is 4.87. The number of carbonyl (C=O) groups excluding carboxylic acids is 3. The Kier molecular flexibility index (Phi) is 8.23. The average Bonchev–Trinajstić information content (AvgIpc) is 3.37. The zero-order valence-electron chi connectivity index (χ0n) is 20.0. The fraction of sp³-hybridized carbons (Fsp3) is 0.296. The summed E-state index contributed by atoms with van der Waals surface area (Å²) in [5, 5.41) is 7.60. The topological polar surface area (TPSA) is 78.5 Å². The number of amides is 3. The fourth-order valence-corrected chi connectivity index (χ4v) is 4.06. The highest BCUT2D eigenvalue weighted by Gasteiger charge is 2.35. The SMILES string of the molecule is CCC(C)(C)NC(=O)[C@@H](c1ccc(C)cc1)N(C(=O)CNC(=O)c1cccs1)c1ccccc1. The van der Waals surface area contributed by atoms with Gasteiger partial charge in [-0.25, -0.2) is 0 Å². The molecule has 34 heavy (non-hydrogen) atoms. The normalized spacial score (nSPS) is 12.0. The summed E-state index contributed by atoms with van der Waals surface area (Å²) in [6.07, 6.45) is 0.732. The Morgan fingerprint density at radius 1 is 0.971 bits per heavy atom. The van der Waals surface area contributed by atoms with Gasteiger partial charge in [0.05, 0.1) is 11.4 Å². The van der Waals surface area contributed by atoms with Crippen LogP contribution in [0.15, 0.2) is 72.1 Å². The van der Waals surface area contributed by atoms with Gasteiger partial charge >= 0.3 is 0 Å². The highest BCUT2D eigenvalue weighted by molar-refractivity contribution is 7.12. The number of aryl methyl sites for hydroxylation is 1. The molecule has 0 fully saturated rings. The molecule has 0 saturated carbocycles. The van der Waals surface area contributed by atoms with E-state index >= 15 is 0 Å². The van der Waals surface area contributed by atoms with Crippen molar-refractivity contribution in [1.82, 2.24) is 10.6 Å². The van der Waals surface area contributed by atoms with Gasteiger partial charge in [-0.15, -0.1) is 11.3 Å². The van der Waals surface area contributed by atoms with Gasteiger partial charge in [-0.1, -0.05) is 61.0 Å². The number of carbonyl (C=O) groups is 3. The molecule has 6 nitrogen and oxygen atoms in total. The third-order valence-electron chi connectivity index (χ3n) is 5.69. The molecule has 7 heteroatoms. The number of hydrogen-bond acceptors (Lipinski definition) is 4. The molecule has 178 valence electrons. The zero-order valence-corrected chi connectivity index (χ0v) is 20.8. The van der Waals surface area contributed by atoms with Crippen LogP contribution in [-0.4, -0.2) is 29.8 Å². The van der Waals surface area contributed by atoms with Crippen LogP contribution in [0.1, 0.15) is 54.0 Å². The molecular formula is C27H31N3O3S. The number of para-hydroxylation sites is 1. The van der Waals surface area contributed by atoms with Gasteiger partial charge in [0.25, 0.3) is 5.91 Å². The Balaban J connectivity index is 1.99. The lowest BCUT2D eigenvalue weighted by Crippen LogP contribution is -2.52. The van der Waals surface area contributed by atoms with E-state index in [1.165, 1.54) is 16.2 Å². The first-order chi connectivity index (χ1) is 16.2. The van der Waals surface area contributed by atoms with Gasteiger partial charge in [-0.05, 0) is 56.3 Å². The van der Waals surface area contributed by atoms with Crippen molar-refractivity contribution in [3.05, 3.63) is 88.1 Å². The summed E-state index contributed by atoms with van der Waals surface area (Å²) in [5.41, 5.74) is 1.88. The molecular weight excluding hydrogens is 446 g/mol. The number of nitrogens with one attached hydrogen (secondary N) is 2. The van der Waals surface area contributed by atoms with Crippen LogP contribution in [-0.2, 0) is 9.59 Å². The number of thiophene rings is 1. The Hall–Kier alpha value is -3.45. The van der Waals surface area contributed by atoms with Gasteiger partial charge in [0, 0.05) is 11.2 Å². The molecule has 0 spiro atoms. The predicted molar refractivity (Wildman–Crippen MR) is 137 cm³/mol. The second-order valence-corrected chi connectivity index (χ2v) is 9.75. The van der Waals surface area contributed by atoms with Gasteiger partial charge in [-0.2, -0.15) is 0 Å². The Morgan fingerprint density at radius 2 is 1.65 bits per heavy atom. The first-order valence-electron chi connectivity index (χ1n) is 11.3. The maximum absolute atomic E-state index is 13.7. The van der Waals surface area contributed by atoms with Crippen molar-refractivity contribution in [3.63, 3.8) is 0 Å². The summed E-state index contributed by atoms with van der Waals surface area (Å²) < 4.78 is 0. The van der Waals surface area contributed by atoms with Gasteiger partial charge in [-0.3, -0.25) is 19.3 Å². The molecule has 0 aliphatic carbocycles. The maximum atomic E-state index is 13.7. The standard InChI is InChI=1S/C27H31N3O3S/c1-5-27(3,4)29-26(33)24(20-15-13-19(2)14-16-20)30(21-10-7-6-8-11-21)23(31)18-28-25(32)22-12-9-17-34-22/h6-17,24H,5,18H2,1-4H3,(H,28,32)(H,29,33)/t24-/m1/s1. The van der Waals surface area contributed by atoms with Crippen molar-refractivity contribution in [2.24, 2.45) is 0 Å². The Morgan fingerprint density at radius 3 is 2.24 bits per heavy atom. The average molecular weight is 478 g/mol. The largest absolute Gasteiger partial charge is 0.349 e. The van der Waals surface area contributed by atoms with Crippen LogP contribution in [0.3, 0.4) is 0 Å². The van der Waals surface area contributed by atoms with Crippen molar-refractivity contribution in [2.75, 3.05) is 11.4 Å². The van der Waals surface area contributed by atoms with E-state index in [1.807, 2.05) is 70.2 Å². The summed E-state index contributed by atoms with van der Waals surface area (Å²) in [6, 6.07) is 19.2. The smallest absolute Gasteiger partial charge is 0.261 e. The van der Waals surface area contributed by atoms with Gasteiger partial charge in [0.2, 0.25) is 11.8 Å². The second kappa shape index (κ2) is 11.1. The molecule has 1 aromatic heterocycles. The van der Waals surface area contributed by atoms with E-state index in [-0.39, 0.29) is 24.3 Å². The molecule has 0 radical (unpaired) electrons. The van der Waals surface area contributed by atoms with Crippen molar-refractivity contribution >= 4 is 34.7 Å². The molecule has 2 N–H and O–H groups in total. The van der Waals surface area contributed by atoms with Gasteiger partial charge in [0.1, 0.15) is 6.04 Å². The summed E-state index contributed by atoms with van der Waals surface area (Å²) in [7, 11) is 0. The van der Waals surface area contributed by atoms with Crippen LogP contribution < -0.4 is 15.5 Å². The van der Waals surface area contributed by atoms with Crippen LogP contribution >= 0.6 is 11.3 Å². The van der Waals surface area contributed by atoms with E-state index in [1.54, 1.807) is 29.6 Å². The third kappa shape index (κ3) is 6.32. The minimum Gasteiger partial charge on any atom is -0.349 e. The highest BCUT2D eigenvalue weighted by Crippen LogP contribution is 2.29. The molecule has 1 heterocycles. The molecule has 0 aliphatic rings. The lowest BCUT2D eigenvalue weighted by Gasteiger charge is -2.34. The van der Waals surface area contributed by atoms with Crippen molar-refractivity contribution in [1.29, 1.82) is 0 Å². The number of anilines is 1. The molecule has 0 unspecified atom stereocenters. The molecule has 3 aromatic rings. The number of benzene rings is 2. The number of nitrogens with zero attached hydrogens (tertiary/aromatic N) is 1. The first-order valence-corrected chi connectivity index (χ1v) is 12.2. The maximum Gasteiger partial charge on any atom is 0.261 e.